The fourth-order valence-electron chi connectivity index (χ4n) is 8.36. The first-order chi connectivity index (χ1) is 17.9. The lowest BCUT2D eigenvalue weighted by Gasteiger charge is -2.53. The number of methoxy groups -OCH3 is 1. The third-order valence-corrected chi connectivity index (χ3v) is 10.2. The van der Waals surface area contributed by atoms with Gasteiger partial charge in [-0.2, -0.15) is 0 Å². The van der Waals surface area contributed by atoms with Crippen molar-refractivity contribution < 1.29 is 19.4 Å². The molecule has 37 heavy (non-hydrogen) atoms. The van der Waals surface area contributed by atoms with Gasteiger partial charge in [0.05, 0.1) is 20.3 Å². The number of carbonyl (C=O) groups is 1. The van der Waals surface area contributed by atoms with E-state index < -0.39 is 5.60 Å². The quantitative estimate of drug-likeness (QED) is 0.578. The number of hydrogen-bond acceptors (Lipinski definition) is 5. The molecule has 1 saturated heterocycles. The van der Waals surface area contributed by atoms with Crippen molar-refractivity contribution in [3.05, 3.63) is 46.6 Å². The van der Waals surface area contributed by atoms with Crippen molar-refractivity contribution in [1.29, 1.82) is 0 Å². The second-order valence-corrected chi connectivity index (χ2v) is 11.8. The second-order valence-electron chi connectivity index (χ2n) is 11.8. The summed E-state index contributed by atoms with van der Waals surface area (Å²) in [6, 6.07) is 6.68. The maximum atomic E-state index is 12.3. The molecule has 5 heteroatoms. The molecule has 1 N–H and O–H groups in total. The molecule has 1 aromatic rings. The van der Waals surface area contributed by atoms with Crippen LogP contribution in [0.25, 0.3) is 0 Å². The average molecular weight is 502 g/mol. The highest BCUT2D eigenvalue weighted by atomic mass is 16.5. The SMILES string of the molecule is CC#C[C@]1(O)CC[C@H]2[C@@H]3CCC4=CC(=O)CCC4=C3[C@@H](c3ccc(N4CCOCC4)cc3OC)C[C@@]21C. The minimum Gasteiger partial charge on any atom is -0.496 e. The van der Waals surface area contributed by atoms with Crippen LogP contribution in [-0.2, 0) is 9.53 Å². The van der Waals surface area contributed by atoms with Crippen molar-refractivity contribution in [2.45, 2.75) is 70.3 Å². The van der Waals surface area contributed by atoms with E-state index >= 15 is 0 Å². The molecule has 4 aliphatic carbocycles. The molecule has 5 nitrogen and oxygen atoms in total. The van der Waals surface area contributed by atoms with E-state index in [4.69, 9.17) is 9.47 Å². The van der Waals surface area contributed by atoms with Crippen LogP contribution in [0.1, 0.15) is 70.3 Å². The fourth-order valence-corrected chi connectivity index (χ4v) is 8.36. The van der Waals surface area contributed by atoms with E-state index in [0.717, 1.165) is 70.6 Å². The number of hydrogen-bond donors (Lipinski definition) is 1. The first-order valence-electron chi connectivity index (χ1n) is 14.0. The van der Waals surface area contributed by atoms with Crippen LogP contribution >= 0.6 is 0 Å². The minimum absolute atomic E-state index is 0.134. The Labute approximate surface area is 220 Å². The predicted molar refractivity (Wildman–Crippen MR) is 145 cm³/mol. The van der Waals surface area contributed by atoms with Gasteiger partial charge in [0, 0.05) is 48.2 Å². The number of aliphatic hydroxyl groups is 1. The van der Waals surface area contributed by atoms with Crippen LogP contribution in [-0.4, -0.2) is 49.9 Å². The first-order valence-corrected chi connectivity index (χ1v) is 14.0. The number of allylic oxidation sites excluding steroid dienone is 4. The van der Waals surface area contributed by atoms with Crippen LogP contribution < -0.4 is 9.64 Å². The van der Waals surface area contributed by atoms with Gasteiger partial charge in [-0.25, -0.2) is 0 Å². The number of anilines is 1. The molecule has 5 atom stereocenters. The number of ether oxygens (including phenoxy) is 2. The first kappa shape index (κ1) is 24.8. The maximum absolute atomic E-state index is 12.3. The molecule has 0 spiro atoms. The summed E-state index contributed by atoms with van der Waals surface area (Å²) in [4.78, 5) is 14.7. The highest BCUT2D eigenvalue weighted by Gasteiger charge is 2.62. The van der Waals surface area contributed by atoms with Crippen LogP contribution in [0.3, 0.4) is 0 Å². The molecule has 0 unspecified atom stereocenters. The van der Waals surface area contributed by atoms with Crippen LogP contribution in [0.4, 0.5) is 5.69 Å². The van der Waals surface area contributed by atoms with Gasteiger partial charge in [0.25, 0.3) is 0 Å². The number of nitrogens with zero attached hydrogens (tertiary/aromatic N) is 1. The van der Waals surface area contributed by atoms with Gasteiger partial charge in [0.15, 0.2) is 5.78 Å². The van der Waals surface area contributed by atoms with Gasteiger partial charge in [0.2, 0.25) is 0 Å². The van der Waals surface area contributed by atoms with Gasteiger partial charge in [-0.1, -0.05) is 24.5 Å². The number of fused-ring (bicyclic) bond motifs is 4. The van der Waals surface area contributed by atoms with E-state index in [1.165, 1.54) is 28.0 Å². The molecule has 1 aromatic carbocycles. The third kappa shape index (κ3) is 3.87. The fraction of sp³-hybridized carbons (Fsp3) is 0.594. The van der Waals surface area contributed by atoms with Crippen molar-refractivity contribution in [2.24, 2.45) is 17.3 Å². The Morgan fingerprint density at radius 3 is 2.73 bits per heavy atom. The van der Waals surface area contributed by atoms with Crippen LogP contribution in [0.5, 0.6) is 5.75 Å². The molecular formula is C32H39NO4. The Kier molecular flexibility index (Phi) is 6.24. The smallest absolute Gasteiger partial charge is 0.156 e. The summed E-state index contributed by atoms with van der Waals surface area (Å²) < 4.78 is 11.6. The lowest BCUT2D eigenvalue weighted by Crippen LogP contribution is -2.51. The summed E-state index contributed by atoms with van der Waals surface area (Å²) in [5, 5.41) is 11.9. The summed E-state index contributed by atoms with van der Waals surface area (Å²) in [5.41, 5.74) is 5.28. The molecule has 0 radical (unpaired) electrons. The zero-order valence-corrected chi connectivity index (χ0v) is 22.4. The van der Waals surface area contributed by atoms with Crippen LogP contribution in [0.2, 0.25) is 0 Å². The molecule has 0 bridgehead atoms. The van der Waals surface area contributed by atoms with Crippen molar-refractivity contribution in [2.75, 3.05) is 38.3 Å². The second kappa shape index (κ2) is 9.33. The number of carbonyl (C=O) groups excluding carboxylic acids is 1. The highest BCUT2D eigenvalue weighted by molar-refractivity contribution is 5.93. The highest BCUT2D eigenvalue weighted by Crippen LogP contribution is 2.67. The van der Waals surface area contributed by atoms with Gasteiger partial charge >= 0.3 is 0 Å². The molecule has 1 aliphatic heterocycles. The van der Waals surface area contributed by atoms with Gasteiger partial charge < -0.3 is 19.5 Å². The molecule has 2 saturated carbocycles. The summed E-state index contributed by atoms with van der Waals surface area (Å²) in [7, 11) is 1.77. The van der Waals surface area contributed by atoms with Crippen LogP contribution in [0, 0.1) is 29.1 Å². The Morgan fingerprint density at radius 2 is 1.97 bits per heavy atom. The normalized spacial score (nSPS) is 35.1. The lowest BCUT2D eigenvalue weighted by molar-refractivity contribution is -0.114. The maximum Gasteiger partial charge on any atom is 0.156 e. The molecule has 196 valence electrons. The molecular weight excluding hydrogens is 462 g/mol. The number of morpholine rings is 1. The topological polar surface area (TPSA) is 59.0 Å². The summed E-state index contributed by atoms with van der Waals surface area (Å²) in [5.74, 6) is 8.41. The Morgan fingerprint density at radius 1 is 1.16 bits per heavy atom. The monoisotopic (exact) mass is 501 g/mol. The molecule has 1 heterocycles. The molecule has 0 aromatic heterocycles. The van der Waals surface area contributed by atoms with Gasteiger partial charge in [-0.3, -0.25) is 4.79 Å². The zero-order valence-electron chi connectivity index (χ0n) is 22.4. The number of ketones is 1. The van der Waals surface area contributed by atoms with Gasteiger partial charge in [-0.15, -0.1) is 5.92 Å². The standard InChI is InChI=1S/C32H39NO4/c1-4-12-32(35)13-11-28-26-8-5-21-18-23(34)7-10-24(21)30(26)27(20-31(28,32)2)25-9-6-22(19-29(25)36-3)33-14-16-37-17-15-33/h6,9,18-19,26-28,35H,5,7-8,10-11,13-17,20H2,1-3H3/t26-,27+,28-,31-,32-/m0/s1. The van der Waals surface area contributed by atoms with Crippen molar-refractivity contribution in [3.63, 3.8) is 0 Å². The van der Waals surface area contributed by atoms with E-state index in [1.807, 2.05) is 13.0 Å². The van der Waals surface area contributed by atoms with Gasteiger partial charge in [-0.05, 0) is 80.6 Å². The van der Waals surface area contributed by atoms with Crippen molar-refractivity contribution in [3.8, 4) is 17.6 Å². The predicted octanol–water partition coefficient (Wildman–Crippen LogP) is 5.19. The van der Waals surface area contributed by atoms with Gasteiger partial charge in [0.1, 0.15) is 11.4 Å². The van der Waals surface area contributed by atoms with Crippen molar-refractivity contribution in [1.82, 2.24) is 0 Å². The van der Waals surface area contributed by atoms with E-state index in [2.05, 4.69) is 41.9 Å². The van der Waals surface area contributed by atoms with E-state index in [1.54, 1.807) is 7.11 Å². The average Bonchev–Trinajstić information content (AvgIpc) is 3.18. The molecule has 0 amide bonds. The third-order valence-electron chi connectivity index (χ3n) is 10.2. The zero-order chi connectivity index (χ0) is 25.8. The van der Waals surface area contributed by atoms with Crippen LogP contribution in [0.15, 0.2) is 41.0 Å². The summed E-state index contributed by atoms with van der Waals surface area (Å²) in [6.45, 7) is 7.38. The minimum atomic E-state index is -0.972. The lowest BCUT2D eigenvalue weighted by atomic mass is 9.51. The Hall–Kier alpha value is -2.55. The largest absolute Gasteiger partial charge is 0.496 e. The number of rotatable bonds is 3. The Bertz CT molecular complexity index is 1230. The van der Waals surface area contributed by atoms with E-state index in [9.17, 15) is 9.90 Å². The molecule has 3 fully saturated rings. The van der Waals surface area contributed by atoms with E-state index in [-0.39, 0.29) is 17.1 Å². The summed E-state index contributed by atoms with van der Waals surface area (Å²) >= 11 is 0. The van der Waals surface area contributed by atoms with E-state index in [0.29, 0.717) is 18.3 Å². The molecule has 6 rings (SSSR count). The molecule has 5 aliphatic rings. The Balaban J connectivity index is 1.50. The summed E-state index contributed by atoms with van der Waals surface area (Å²) in [6.07, 6.45) is 7.92. The van der Waals surface area contributed by atoms with Crippen molar-refractivity contribution >= 4 is 11.5 Å². The number of benzene rings is 1.